The van der Waals surface area contributed by atoms with Crippen molar-refractivity contribution in [1.29, 1.82) is 0 Å². The summed E-state index contributed by atoms with van der Waals surface area (Å²) in [6.45, 7) is 0. The monoisotopic (exact) mass is 726 g/mol. The molecule has 3 aromatic rings. The van der Waals surface area contributed by atoms with E-state index in [9.17, 15) is 0 Å². The van der Waals surface area contributed by atoms with Crippen LogP contribution < -0.4 is 28.4 Å². The standard InChI is InChI=1S/3C6H8O2Te/c3*1-7-5-3-9-4-6(5)8-2/h3*3-4H,1-2H3. The molecule has 0 atom stereocenters. The Kier molecular flexibility index (Phi) is 13.3. The average Bonchev–Trinajstić information content (AvgIpc) is 3.47. The summed E-state index contributed by atoms with van der Waals surface area (Å²) >= 11 is -0.238. The summed E-state index contributed by atoms with van der Waals surface area (Å²) < 4.78 is 42.8. The van der Waals surface area contributed by atoms with Crippen LogP contribution in [-0.4, -0.2) is 104 Å². The molecule has 0 N–H and O–H groups in total. The first-order chi connectivity index (χ1) is 13.1. The summed E-state index contributed by atoms with van der Waals surface area (Å²) in [5, 5.41) is 0. The second-order valence-corrected chi connectivity index (χ2v) is 10.9. The van der Waals surface area contributed by atoms with E-state index in [0.717, 1.165) is 34.5 Å². The molecule has 3 aromatic heterocycles. The Morgan fingerprint density at radius 2 is 0.519 bits per heavy atom. The maximum atomic E-state index is 5.01. The van der Waals surface area contributed by atoms with E-state index in [1.54, 1.807) is 42.7 Å². The third kappa shape index (κ3) is 8.24. The van der Waals surface area contributed by atoms with Crippen molar-refractivity contribution in [3.05, 3.63) is 24.5 Å². The van der Waals surface area contributed by atoms with Crippen LogP contribution in [0.2, 0.25) is 0 Å². The summed E-state index contributed by atoms with van der Waals surface area (Å²) in [5.74, 6) is 5.42. The van der Waals surface area contributed by atoms with Crippen LogP contribution in [-0.2, 0) is 0 Å². The van der Waals surface area contributed by atoms with Gasteiger partial charge in [0.05, 0.1) is 0 Å². The fourth-order valence-corrected chi connectivity index (χ4v) is 8.05. The summed E-state index contributed by atoms with van der Waals surface area (Å²) in [6, 6.07) is 0. The van der Waals surface area contributed by atoms with E-state index in [-0.39, 0.29) is 61.3 Å². The molecule has 0 saturated heterocycles. The summed E-state index contributed by atoms with van der Waals surface area (Å²) in [7, 11) is 9.98. The first-order valence-electron chi connectivity index (χ1n) is 7.57. The van der Waals surface area contributed by atoms with Crippen molar-refractivity contribution in [3.8, 4) is 34.5 Å². The van der Waals surface area contributed by atoms with Crippen molar-refractivity contribution in [3.63, 3.8) is 0 Å². The molecule has 0 fully saturated rings. The average molecular weight is 719 g/mol. The Morgan fingerprint density at radius 3 is 0.630 bits per heavy atom. The second kappa shape index (κ2) is 14.6. The minimum absolute atomic E-state index is 0.0792. The van der Waals surface area contributed by atoms with Crippen molar-refractivity contribution >= 4 is 61.3 Å². The van der Waals surface area contributed by atoms with Gasteiger partial charge in [-0.25, -0.2) is 0 Å². The van der Waals surface area contributed by atoms with Gasteiger partial charge in [0.1, 0.15) is 0 Å². The minimum atomic E-state index is -0.0792. The Hall–Kier alpha value is -0.391. The van der Waals surface area contributed by atoms with Crippen LogP contribution in [0.4, 0.5) is 0 Å². The summed E-state index contributed by atoms with van der Waals surface area (Å²) in [4.78, 5) is 0. The fourth-order valence-electron chi connectivity index (χ4n) is 1.71. The molecule has 0 aromatic carbocycles. The number of ether oxygens (including phenoxy) is 6. The predicted molar refractivity (Wildman–Crippen MR) is 109 cm³/mol. The Balaban J connectivity index is 0.000000202. The van der Waals surface area contributed by atoms with Gasteiger partial charge in [-0.15, -0.1) is 0 Å². The molecule has 6 nitrogen and oxygen atoms in total. The van der Waals surface area contributed by atoms with Gasteiger partial charge in [0.25, 0.3) is 0 Å². The molecule has 0 spiro atoms. The van der Waals surface area contributed by atoms with Gasteiger partial charge in [-0.05, 0) is 0 Å². The van der Waals surface area contributed by atoms with E-state index in [1.807, 2.05) is 0 Å². The molecule has 0 saturated carbocycles. The zero-order valence-electron chi connectivity index (χ0n) is 16.1. The molecule has 3 rings (SSSR count). The van der Waals surface area contributed by atoms with Gasteiger partial charge >= 0.3 is 191 Å². The van der Waals surface area contributed by atoms with E-state index in [2.05, 4.69) is 24.5 Å². The number of methoxy groups -OCH3 is 6. The number of hydrogen-bond acceptors (Lipinski definition) is 6. The fraction of sp³-hybridized carbons (Fsp3) is 0.333. The first-order valence-corrected chi connectivity index (χ1v) is 15.6. The molecule has 3 heterocycles. The van der Waals surface area contributed by atoms with Gasteiger partial charge in [0, 0.05) is 0 Å². The third-order valence-electron chi connectivity index (χ3n) is 3.10. The van der Waals surface area contributed by atoms with Crippen LogP contribution in [0, 0.1) is 0 Å². The molecule has 0 radical (unpaired) electrons. The van der Waals surface area contributed by atoms with Gasteiger partial charge < -0.3 is 0 Å². The van der Waals surface area contributed by atoms with E-state index in [0.29, 0.717) is 0 Å². The zero-order chi connectivity index (χ0) is 20.1. The maximum absolute atomic E-state index is 5.01. The van der Waals surface area contributed by atoms with Crippen molar-refractivity contribution in [2.75, 3.05) is 42.7 Å². The van der Waals surface area contributed by atoms with E-state index < -0.39 is 0 Å². The van der Waals surface area contributed by atoms with E-state index >= 15 is 0 Å². The van der Waals surface area contributed by atoms with E-state index in [1.165, 1.54) is 0 Å². The van der Waals surface area contributed by atoms with Crippen LogP contribution in [0.25, 0.3) is 0 Å². The summed E-state index contributed by atoms with van der Waals surface area (Å²) in [6.07, 6.45) is 0. The Morgan fingerprint density at radius 1 is 0.370 bits per heavy atom. The SMILES string of the molecule is COc1c[te]cc1OC.COc1c[te]cc1OC.COc1c[te]cc1OC. The molecule has 0 amide bonds. The quantitative estimate of drug-likeness (QED) is 0.365. The predicted octanol–water partition coefficient (Wildman–Crippen LogP) is 2.28. The zero-order valence-corrected chi connectivity index (χ0v) is 23.1. The Bertz CT molecular complexity index is 594. The molecular weight excluding hydrogens is 695 g/mol. The molecule has 0 aliphatic heterocycles. The molecular formula is C18H24O6Te3. The number of hydrogen-bond donors (Lipinski definition) is 0. The van der Waals surface area contributed by atoms with Crippen LogP contribution in [0.15, 0.2) is 24.5 Å². The van der Waals surface area contributed by atoms with Crippen LogP contribution in [0.1, 0.15) is 0 Å². The molecule has 0 aliphatic carbocycles. The Labute approximate surface area is 189 Å². The van der Waals surface area contributed by atoms with Crippen molar-refractivity contribution in [1.82, 2.24) is 0 Å². The molecule has 0 bridgehead atoms. The van der Waals surface area contributed by atoms with Crippen LogP contribution >= 0.6 is 0 Å². The first kappa shape index (κ1) is 24.6. The molecule has 0 unspecified atom stereocenters. The van der Waals surface area contributed by atoms with Crippen molar-refractivity contribution in [2.45, 2.75) is 0 Å². The topological polar surface area (TPSA) is 55.4 Å². The van der Waals surface area contributed by atoms with Gasteiger partial charge in [-0.3, -0.25) is 0 Å². The van der Waals surface area contributed by atoms with Gasteiger partial charge in [-0.2, -0.15) is 0 Å². The second-order valence-electron chi connectivity index (χ2n) is 4.53. The van der Waals surface area contributed by atoms with Crippen molar-refractivity contribution < 1.29 is 28.4 Å². The normalized spacial score (nSPS) is 9.11. The molecule has 9 heteroatoms. The van der Waals surface area contributed by atoms with Crippen molar-refractivity contribution in [2.24, 2.45) is 0 Å². The van der Waals surface area contributed by atoms with Crippen LogP contribution in [0.5, 0.6) is 34.5 Å². The van der Waals surface area contributed by atoms with Gasteiger partial charge in [-0.1, -0.05) is 0 Å². The van der Waals surface area contributed by atoms with Gasteiger partial charge in [0.15, 0.2) is 0 Å². The molecule has 0 aliphatic rings. The van der Waals surface area contributed by atoms with Crippen LogP contribution in [0.3, 0.4) is 0 Å². The van der Waals surface area contributed by atoms with E-state index in [4.69, 9.17) is 28.4 Å². The third-order valence-corrected chi connectivity index (χ3v) is 9.09. The van der Waals surface area contributed by atoms with Gasteiger partial charge in [0.2, 0.25) is 0 Å². The molecule has 150 valence electrons. The number of rotatable bonds is 6. The summed E-state index contributed by atoms with van der Waals surface area (Å²) in [5.41, 5.74) is 0. The molecule has 27 heavy (non-hydrogen) atoms.